The third-order valence-corrected chi connectivity index (χ3v) is 2.26. The molecule has 0 aliphatic heterocycles. The average molecular weight is 218 g/mol. The van der Waals surface area contributed by atoms with Gasteiger partial charge in [-0.2, -0.15) is 5.10 Å². The Labute approximate surface area is 86.5 Å². The number of aliphatic hydroxyl groups excluding tert-OH is 1. The molecule has 0 unspecified atom stereocenters. The van der Waals surface area contributed by atoms with Gasteiger partial charge >= 0.3 is 0 Å². The maximum Gasteiger partial charge on any atom is 0.287 e. The van der Waals surface area contributed by atoms with E-state index in [1.54, 1.807) is 11.9 Å². The summed E-state index contributed by atoms with van der Waals surface area (Å²) in [6.07, 6.45) is 1.50. The van der Waals surface area contributed by atoms with Gasteiger partial charge in [0.2, 0.25) is 0 Å². The molecule has 0 amide bonds. The normalized spacial score (nSPS) is 10.3. The summed E-state index contributed by atoms with van der Waals surface area (Å²) in [4.78, 5) is 13.1. The number of hydrogen-bond donors (Lipinski definition) is 1. The van der Waals surface area contributed by atoms with Crippen molar-refractivity contribution in [1.82, 2.24) is 9.78 Å². The third-order valence-electron chi connectivity index (χ3n) is 1.91. The number of likely N-dealkylation sites (N-methyl/N-ethyl adjacent to an activating group) is 1. The van der Waals surface area contributed by atoms with E-state index in [0.29, 0.717) is 12.2 Å². The van der Waals surface area contributed by atoms with Crippen LogP contribution in [0.5, 0.6) is 0 Å². The largest absolute Gasteiger partial charge is 0.395 e. The molecule has 0 aliphatic rings. The van der Waals surface area contributed by atoms with Gasteiger partial charge in [0.25, 0.3) is 5.56 Å². The summed E-state index contributed by atoms with van der Waals surface area (Å²) >= 11 is 5.83. The second-order valence-electron chi connectivity index (χ2n) is 2.92. The van der Waals surface area contributed by atoms with Gasteiger partial charge in [-0.15, -0.1) is 0 Å². The summed E-state index contributed by atoms with van der Waals surface area (Å²) in [5.74, 6) is 0. The van der Waals surface area contributed by atoms with Gasteiger partial charge in [0.15, 0.2) is 0 Å². The van der Waals surface area contributed by atoms with Crippen LogP contribution >= 0.6 is 11.6 Å². The molecule has 0 bridgehead atoms. The standard InChI is InChI=1S/C8H12ClN3O2/c1-11(3-4-13)6-5-10-12(2)8(14)7(6)9/h5,13H,3-4H2,1-2H3. The molecule has 0 atom stereocenters. The first-order valence-corrected chi connectivity index (χ1v) is 4.49. The van der Waals surface area contributed by atoms with Crippen LogP contribution in [-0.4, -0.2) is 35.1 Å². The van der Waals surface area contributed by atoms with E-state index in [1.807, 2.05) is 0 Å². The molecule has 1 heterocycles. The van der Waals surface area contributed by atoms with E-state index in [9.17, 15) is 4.79 Å². The van der Waals surface area contributed by atoms with Gasteiger partial charge in [-0.3, -0.25) is 4.79 Å². The first-order valence-electron chi connectivity index (χ1n) is 4.11. The molecule has 78 valence electrons. The lowest BCUT2D eigenvalue weighted by molar-refractivity contribution is 0.304. The highest BCUT2D eigenvalue weighted by molar-refractivity contribution is 6.32. The number of anilines is 1. The van der Waals surface area contributed by atoms with Crippen molar-refractivity contribution in [3.8, 4) is 0 Å². The van der Waals surface area contributed by atoms with E-state index >= 15 is 0 Å². The molecule has 1 aromatic rings. The first kappa shape index (κ1) is 11.0. The molecular weight excluding hydrogens is 206 g/mol. The number of aliphatic hydroxyl groups is 1. The van der Waals surface area contributed by atoms with E-state index in [-0.39, 0.29) is 17.2 Å². The molecule has 6 heteroatoms. The number of rotatable bonds is 3. The zero-order valence-corrected chi connectivity index (χ0v) is 8.82. The number of nitrogens with zero attached hydrogens (tertiary/aromatic N) is 3. The highest BCUT2D eigenvalue weighted by Crippen LogP contribution is 2.18. The van der Waals surface area contributed by atoms with Gasteiger partial charge in [0.1, 0.15) is 5.02 Å². The first-order chi connectivity index (χ1) is 6.57. The molecule has 0 radical (unpaired) electrons. The van der Waals surface area contributed by atoms with Crippen LogP contribution in [0, 0.1) is 0 Å². The van der Waals surface area contributed by atoms with Crippen molar-refractivity contribution in [3.05, 3.63) is 21.6 Å². The van der Waals surface area contributed by atoms with E-state index in [0.717, 1.165) is 0 Å². The van der Waals surface area contributed by atoms with Gasteiger partial charge in [-0.25, -0.2) is 4.68 Å². The van der Waals surface area contributed by atoms with Crippen molar-refractivity contribution < 1.29 is 5.11 Å². The van der Waals surface area contributed by atoms with Crippen LogP contribution in [-0.2, 0) is 7.05 Å². The van der Waals surface area contributed by atoms with Crippen molar-refractivity contribution in [1.29, 1.82) is 0 Å². The predicted octanol–water partition coefficient (Wildman–Crippen LogP) is -0.138. The van der Waals surface area contributed by atoms with Crippen LogP contribution in [0.25, 0.3) is 0 Å². The Morgan fingerprint density at radius 1 is 1.71 bits per heavy atom. The molecule has 5 nitrogen and oxygen atoms in total. The number of aromatic nitrogens is 2. The minimum atomic E-state index is -0.339. The van der Waals surface area contributed by atoms with Crippen LogP contribution in [0.3, 0.4) is 0 Å². The molecule has 0 spiro atoms. The molecule has 0 aromatic carbocycles. The molecule has 1 N–H and O–H groups in total. The smallest absolute Gasteiger partial charge is 0.287 e. The zero-order chi connectivity index (χ0) is 10.7. The Morgan fingerprint density at radius 2 is 2.36 bits per heavy atom. The Kier molecular flexibility index (Phi) is 3.49. The number of aryl methyl sites for hydroxylation is 1. The Bertz CT molecular complexity index is 377. The van der Waals surface area contributed by atoms with E-state index < -0.39 is 0 Å². The molecular formula is C8H12ClN3O2. The summed E-state index contributed by atoms with van der Waals surface area (Å²) in [7, 11) is 3.27. The Morgan fingerprint density at radius 3 is 2.93 bits per heavy atom. The fraction of sp³-hybridized carbons (Fsp3) is 0.500. The summed E-state index contributed by atoms with van der Waals surface area (Å²) in [6, 6.07) is 0. The second kappa shape index (κ2) is 4.43. The van der Waals surface area contributed by atoms with Crippen molar-refractivity contribution >= 4 is 17.3 Å². The maximum atomic E-state index is 11.4. The minimum absolute atomic E-state index is 0.00202. The van der Waals surface area contributed by atoms with Crippen LogP contribution in [0.4, 0.5) is 5.69 Å². The van der Waals surface area contributed by atoms with Crippen LogP contribution < -0.4 is 10.5 Å². The highest BCUT2D eigenvalue weighted by atomic mass is 35.5. The molecule has 0 aliphatic carbocycles. The lowest BCUT2D eigenvalue weighted by Gasteiger charge is -2.18. The average Bonchev–Trinajstić information content (AvgIpc) is 2.15. The van der Waals surface area contributed by atoms with Crippen molar-refractivity contribution in [2.24, 2.45) is 7.05 Å². The maximum absolute atomic E-state index is 11.4. The van der Waals surface area contributed by atoms with Gasteiger partial charge in [0.05, 0.1) is 18.5 Å². The molecule has 14 heavy (non-hydrogen) atoms. The fourth-order valence-corrected chi connectivity index (χ4v) is 1.35. The minimum Gasteiger partial charge on any atom is -0.395 e. The SMILES string of the molecule is CN(CCO)c1cnn(C)c(=O)c1Cl. The Hall–Kier alpha value is -1.07. The fourth-order valence-electron chi connectivity index (χ4n) is 1.04. The molecule has 0 saturated carbocycles. The lowest BCUT2D eigenvalue weighted by Crippen LogP contribution is -2.27. The van der Waals surface area contributed by atoms with E-state index in [1.165, 1.54) is 17.9 Å². The van der Waals surface area contributed by atoms with Crippen LogP contribution in [0.15, 0.2) is 11.0 Å². The molecule has 0 fully saturated rings. The van der Waals surface area contributed by atoms with Crippen molar-refractivity contribution in [3.63, 3.8) is 0 Å². The third kappa shape index (κ3) is 2.05. The van der Waals surface area contributed by atoms with Gasteiger partial charge in [-0.1, -0.05) is 11.6 Å². The predicted molar refractivity (Wildman–Crippen MR) is 54.8 cm³/mol. The molecule has 1 aromatic heterocycles. The summed E-state index contributed by atoms with van der Waals surface area (Å²) in [6.45, 7) is 0.413. The van der Waals surface area contributed by atoms with Gasteiger partial charge in [0, 0.05) is 20.6 Å². The highest BCUT2D eigenvalue weighted by Gasteiger charge is 2.10. The van der Waals surface area contributed by atoms with E-state index in [2.05, 4.69) is 5.10 Å². The number of hydrogen-bond acceptors (Lipinski definition) is 4. The molecule has 1 rings (SSSR count). The van der Waals surface area contributed by atoms with Crippen LogP contribution in [0.2, 0.25) is 5.02 Å². The summed E-state index contributed by atoms with van der Waals surface area (Å²) < 4.78 is 1.17. The number of halogens is 1. The summed E-state index contributed by atoms with van der Waals surface area (Å²) in [5, 5.41) is 12.7. The van der Waals surface area contributed by atoms with E-state index in [4.69, 9.17) is 16.7 Å². The Balaban J connectivity index is 3.11. The second-order valence-corrected chi connectivity index (χ2v) is 3.30. The quantitative estimate of drug-likeness (QED) is 0.766. The topological polar surface area (TPSA) is 58.4 Å². The van der Waals surface area contributed by atoms with Crippen molar-refractivity contribution in [2.75, 3.05) is 25.1 Å². The monoisotopic (exact) mass is 217 g/mol. The van der Waals surface area contributed by atoms with Crippen molar-refractivity contribution in [2.45, 2.75) is 0 Å². The van der Waals surface area contributed by atoms with Gasteiger partial charge in [-0.05, 0) is 0 Å². The summed E-state index contributed by atoms with van der Waals surface area (Å²) in [5.41, 5.74) is 0.192. The van der Waals surface area contributed by atoms with Gasteiger partial charge < -0.3 is 10.0 Å². The molecule has 0 saturated heterocycles. The lowest BCUT2D eigenvalue weighted by atomic mass is 10.4. The van der Waals surface area contributed by atoms with Crippen LogP contribution in [0.1, 0.15) is 0 Å². The zero-order valence-electron chi connectivity index (χ0n) is 8.07.